The van der Waals surface area contributed by atoms with Crippen LogP contribution in [-0.2, 0) is 29.7 Å². The number of hydrogen-bond donors (Lipinski definition) is 1. The van der Waals surface area contributed by atoms with E-state index < -0.39 is 45.4 Å². The predicted octanol–water partition coefficient (Wildman–Crippen LogP) is 3.44. The lowest BCUT2D eigenvalue weighted by Crippen LogP contribution is -2.62. The van der Waals surface area contributed by atoms with E-state index in [2.05, 4.69) is 15.0 Å². The number of likely N-dealkylation sites (tertiary alicyclic amines) is 1. The van der Waals surface area contributed by atoms with E-state index in [0.29, 0.717) is 37.4 Å². The highest BCUT2D eigenvalue weighted by atomic mass is 32.2. The summed E-state index contributed by atoms with van der Waals surface area (Å²) in [6.07, 6.45) is 4.49. The molecule has 0 radical (unpaired) electrons. The van der Waals surface area contributed by atoms with Crippen molar-refractivity contribution in [3.63, 3.8) is 0 Å². The van der Waals surface area contributed by atoms with Crippen LogP contribution in [0.25, 0.3) is 0 Å². The summed E-state index contributed by atoms with van der Waals surface area (Å²) in [5.74, 6) is -1.25. The van der Waals surface area contributed by atoms with E-state index in [-0.39, 0.29) is 18.2 Å². The molecule has 1 N–H and O–H groups in total. The lowest BCUT2D eigenvalue weighted by Gasteiger charge is -2.52. The number of carboxylic acid groups (broad SMARTS) is 1. The van der Waals surface area contributed by atoms with Crippen molar-refractivity contribution < 1.29 is 31.5 Å². The fourth-order valence-corrected chi connectivity index (χ4v) is 6.52. The summed E-state index contributed by atoms with van der Waals surface area (Å²) in [7, 11) is -3.53. The Morgan fingerprint density at radius 2 is 2.00 bits per heavy atom. The zero-order valence-electron chi connectivity index (χ0n) is 22.7. The van der Waals surface area contributed by atoms with E-state index in [4.69, 9.17) is 4.42 Å². The van der Waals surface area contributed by atoms with Crippen LogP contribution in [0.1, 0.15) is 55.7 Å². The molecular formula is C26H32F2N6O5S. The maximum absolute atomic E-state index is 15.3. The third-order valence-corrected chi connectivity index (χ3v) is 8.41. The van der Waals surface area contributed by atoms with Gasteiger partial charge in [0.05, 0.1) is 29.7 Å². The summed E-state index contributed by atoms with van der Waals surface area (Å²) in [5.41, 5.74) is 1.18. The summed E-state index contributed by atoms with van der Waals surface area (Å²) in [6.45, 7) is 6.69. The Morgan fingerprint density at radius 3 is 2.60 bits per heavy atom. The van der Waals surface area contributed by atoms with Crippen molar-refractivity contribution >= 4 is 16.1 Å². The summed E-state index contributed by atoms with van der Waals surface area (Å²) in [6, 6.07) is 1.43. The Hall–Kier alpha value is -3.36. The molecule has 14 heteroatoms. The first kappa shape index (κ1) is 28.2. The number of benzene rings is 1. The molecule has 0 bridgehead atoms. The molecule has 1 fully saturated rings. The van der Waals surface area contributed by atoms with Crippen molar-refractivity contribution in [2.45, 2.75) is 70.5 Å². The molecule has 2 aliphatic heterocycles. The second-order valence-electron chi connectivity index (χ2n) is 11.4. The van der Waals surface area contributed by atoms with Gasteiger partial charge in [0.15, 0.2) is 6.39 Å². The predicted molar refractivity (Wildman–Crippen MR) is 140 cm³/mol. The van der Waals surface area contributed by atoms with Gasteiger partial charge in [-0.05, 0) is 45.4 Å². The molecule has 2 aliphatic rings. The molecule has 1 saturated heterocycles. The number of hydrogen-bond acceptors (Lipinski definition) is 8. The molecule has 216 valence electrons. The molecule has 1 aromatic carbocycles. The zero-order chi connectivity index (χ0) is 29.0. The maximum Gasteiger partial charge on any atom is 0.408 e. The van der Waals surface area contributed by atoms with E-state index in [1.54, 1.807) is 20.8 Å². The molecule has 5 rings (SSSR count). The Bertz CT molecular complexity index is 1480. The molecule has 0 spiro atoms. The van der Waals surface area contributed by atoms with Gasteiger partial charge in [0.1, 0.15) is 17.9 Å². The normalized spacial score (nSPS) is 22.4. The summed E-state index contributed by atoms with van der Waals surface area (Å²) in [5, 5.41) is 14.6. The van der Waals surface area contributed by atoms with Gasteiger partial charge < -0.3 is 9.52 Å². The lowest BCUT2D eigenvalue weighted by atomic mass is 9.84. The molecule has 4 heterocycles. The molecule has 2 aromatic heterocycles. The maximum atomic E-state index is 15.3. The summed E-state index contributed by atoms with van der Waals surface area (Å²) >= 11 is 0. The molecule has 3 aromatic rings. The first-order valence-electron chi connectivity index (χ1n) is 12.8. The van der Waals surface area contributed by atoms with Gasteiger partial charge in [-0.15, -0.1) is 0 Å². The van der Waals surface area contributed by atoms with Crippen LogP contribution in [0.15, 0.2) is 41.5 Å². The van der Waals surface area contributed by atoms with E-state index in [0.717, 1.165) is 34.1 Å². The third-order valence-electron chi connectivity index (χ3n) is 7.54. The number of nitrogens with zero attached hydrogens (tertiary/aromatic N) is 6. The quantitative estimate of drug-likeness (QED) is 0.468. The van der Waals surface area contributed by atoms with Crippen molar-refractivity contribution in [1.82, 2.24) is 28.9 Å². The first-order valence-corrected chi connectivity index (χ1v) is 14.7. The van der Waals surface area contributed by atoms with Crippen LogP contribution < -0.4 is 0 Å². The fourth-order valence-electron chi connectivity index (χ4n) is 5.96. The van der Waals surface area contributed by atoms with E-state index in [9.17, 15) is 22.7 Å². The number of carbonyl (C=O) groups is 1. The van der Waals surface area contributed by atoms with E-state index in [1.807, 2.05) is 4.90 Å². The summed E-state index contributed by atoms with van der Waals surface area (Å²) in [4.78, 5) is 22.3. The molecular weight excluding hydrogens is 546 g/mol. The zero-order valence-corrected chi connectivity index (χ0v) is 23.5. The van der Waals surface area contributed by atoms with Gasteiger partial charge in [-0.3, -0.25) is 14.7 Å². The molecule has 1 amide bonds. The largest absolute Gasteiger partial charge is 0.465 e. The highest BCUT2D eigenvalue weighted by Crippen LogP contribution is 2.42. The molecule has 11 nitrogen and oxygen atoms in total. The average molecular weight is 579 g/mol. The lowest BCUT2D eigenvalue weighted by molar-refractivity contribution is -0.0379. The number of halogens is 2. The van der Waals surface area contributed by atoms with Crippen LogP contribution in [0, 0.1) is 11.6 Å². The number of piperidine rings is 1. The molecule has 40 heavy (non-hydrogen) atoms. The monoisotopic (exact) mass is 578 g/mol. The highest BCUT2D eigenvalue weighted by Gasteiger charge is 2.48. The summed E-state index contributed by atoms with van der Waals surface area (Å²) < 4.78 is 59.9. The second-order valence-corrected chi connectivity index (χ2v) is 13.3. The average Bonchev–Trinajstić information content (AvgIpc) is 3.56. The molecule has 3 atom stereocenters. The molecule has 0 aliphatic carbocycles. The smallest absolute Gasteiger partial charge is 0.408 e. The Kier molecular flexibility index (Phi) is 7.21. The Morgan fingerprint density at radius 1 is 1.25 bits per heavy atom. The number of oxazole rings is 1. The third kappa shape index (κ3) is 5.47. The second kappa shape index (κ2) is 10.2. The number of amides is 1. The minimum atomic E-state index is -3.53. The van der Waals surface area contributed by atoms with Gasteiger partial charge >= 0.3 is 6.09 Å². The van der Waals surface area contributed by atoms with Crippen molar-refractivity contribution in [2.24, 2.45) is 0 Å². The SMILES string of the molecule is CC(C)(C)N(C(=O)O)[C@H]1C[C@@H](N2Cc3cn(S(C)(=O)=O)nc3C2)CN(Cc2cocn2)[C@H]1c1cc(F)ccc1F. The highest BCUT2D eigenvalue weighted by molar-refractivity contribution is 7.89. The number of rotatable bonds is 6. The fraction of sp³-hybridized carbons (Fsp3) is 0.500. The van der Waals surface area contributed by atoms with Gasteiger partial charge in [0, 0.05) is 55.1 Å². The Labute approximate surface area is 231 Å². The Balaban J connectivity index is 1.56. The standard InChI is InChI=1S/C26H32F2N6O5S/c1-26(2,3)34(25(35)36)23-8-19(31-9-16-10-33(40(4,37)38)30-22(16)13-31)12-32(11-18-14-39-15-29-18)24(23)20-7-17(27)5-6-21(20)28/h5-7,10,14-15,19,23-24H,8-9,11-13H2,1-4H3,(H,35,36)/t19-,23+,24+/m1/s1. The molecule has 0 unspecified atom stereocenters. The van der Waals surface area contributed by atoms with Crippen LogP contribution in [0.5, 0.6) is 0 Å². The minimum Gasteiger partial charge on any atom is -0.465 e. The number of aromatic nitrogens is 3. The van der Waals surface area contributed by atoms with Gasteiger partial charge in [-0.25, -0.2) is 27.0 Å². The van der Waals surface area contributed by atoms with Crippen molar-refractivity contribution in [2.75, 3.05) is 12.8 Å². The number of fused-ring (bicyclic) bond motifs is 1. The molecule has 0 saturated carbocycles. The topological polar surface area (TPSA) is 125 Å². The van der Waals surface area contributed by atoms with Gasteiger partial charge in [-0.1, -0.05) is 0 Å². The van der Waals surface area contributed by atoms with E-state index >= 15 is 4.39 Å². The minimum absolute atomic E-state index is 0.0663. The van der Waals surface area contributed by atoms with Gasteiger partial charge in [0.25, 0.3) is 10.0 Å². The van der Waals surface area contributed by atoms with Crippen LogP contribution in [0.4, 0.5) is 13.6 Å². The van der Waals surface area contributed by atoms with Crippen molar-refractivity contribution in [3.8, 4) is 0 Å². The van der Waals surface area contributed by atoms with E-state index in [1.165, 1.54) is 23.8 Å². The van der Waals surface area contributed by atoms with Gasteiger partial charge in [0.2, 0.25) is 0 Å². The van der Waals surface area contributed by atoms with Crippen LogP contribution in [0.2, 0.25) is 0 Å². The van der Waals surface area contributed by atoms with Crippen LogP contribution >= 0.6 is 0 Å². The van der Waals surface area contributed by atoms with Gasteiger partial charge in [-0.2, -0.15) is 9.19 Å². The van der Waals surface area contributed by atoms with Crippen LogP contribution in [-0.4, -0.2) is 78.9 Å². The first-order chi connectivity index (χ1) is 18.7. The van der Waals surface area contributed by atoms with Crippen molar-refractivity contribution in [1.29, 1.82) is 0 Å². The van der Waals surface area contributed by atoms with Crippen LogP contribution in [0.3, 0.4) is 0 Å². The van der Waals surface area contributed by atoms with Crippen molar-refractivity contribution in [3.05, 3.63) is 71.2 Å².